The minimum Gasteiger partial charge on any atom is -0.479 e. The van der Waals surface area contributed by atoms with Gasteiger partial charge in [0.05, 0.1) is 6.16 Å². The number of aliphatic carboxylic acids is 1. The molecule has 3 aromatic rings. The SMILES string of the molecule is CC(OP(=O)(O)Cc1ccccc1)(C(=O)O)c1ccc2ccccc2c1. The third kappa shape index (κ3) is 3.86. The summed E-state index contributed by atoms with van der Waals surface area (Å²) in [7, 11) is -4.20. The molecule has 0 amide bonds. The van der Waals surface area contributed by atoms with E-state index in [0.717, 1.165) is 10.8 Å². The van der Waals surface area contributed by atoms with Crippen molar-refractivity contribution in [1.82, 2.24) is 0 Å². The van der Waals surface area contributed by atoms with E-state index in [0.29, 0.717) is 11.1 Å². The zero-order valence-corrected chi connectivity index (χ0v) is 15.1. The predicted molar refractivity (Wildman–Crippen MR) is 100.0 cm³/mol. The van der Waals surface area contributed by atoms with Gasteiger partial charge < -0.3 is 10.00 Å². The number of carboxylic acids is 1. The number of hydrogen-bond acceptors (Lipinski definition) is 3. The van der Waals surface area contributed by atoms with Crippen molar-refractivity contribution in [3.05, 3.63) is 83.9 Å². The van der Waals surface area contributed by atoms with Crippen LogP contribution in [0.3, 0.4) is 0 Å². The molecular weight excluding hydrogens is 351 g/mol. The molecule has 3 aromatic carbocycles. The number of carboxylic acid groups (broad SMARTS) is 1. The van der Waals surface area contributed by atoms with Crippen LogP contribution in [0.4, 0.5) is 0 Å². The zero-order valence-electron chi connectivity index (χ0n) is 14.2. The van der Waals surface area contributed by atoms with Crippen molar-refractivity contribution in [2.24, 2.45) is 0 Å². The molecule has 0 fully saturated rings. The molecule has 0 saturated heterocycles. The van der Waals surface area contributed by atoms with Gasteiger partial charge in [-0.2, -0.15) is 0 Å². The van der Waals surface area contributed by atoms with Gasteiger partial charge in [0.1, 0.15) is 0 Å². The molecule has 0 aromatic heterocycles. The van der Waals surface area contributed by atoms with E-state index in [1.54, 1.807) is 48.5 Å². The van der Waals surface area contributed by atoms with E-state index in [4.69, 9.17) is 4.52 Å². The molecule has 6 heteroatoms. The number of rotatable bonds is 6. The van der Waals surface area contributed by atoms with Gasteiger partial charge in [-0.25, -0.2) is 4.79 Å². The lowest BCUT2D eigenvalue weighted by molar-refractivity contribution is -0.155. The fourth-order valence-corrected chi connectivity index (χ4v) is 4.32. The van der Waals surface area contributed by atoms with Gasteiger partial charge in [0.2, 0.25) is 0 Å². The molecular formula is C20H19O5P. The molecule has 3 rings (SSSR count). The van der Waals surface area contributed by atoms with Crippen LogP contribution in [0.5, 0.6) is 0 Å². The molecule has 0 heterocycles. The molecule has 0 bridgehead atoms. The lowest BCUT2D eigenvalue weighted by Gasteiger charge is -2.28. The van der Waals surface area contributed by atoms with Crippen LogP contribution in [0.1, 0.15) is 18.1 Å². The van der Waals surface area contributed by atoms with Gasteiger partial charge in [0.25, 0.3) is 0 Å². The topological polar surface area (TPSA) is 83.8 Å². The summed E-state index contributed by atoms with van der Waals surface area (Å²) in [5.41, 5.74) is -1.03. The maximum absolute atomic E-state index is 12.6. The van der Waals surface area contributed by atoms with Crippen LogP contribution in [-0.4, -0.2) is 16.0 Å². The van der Waals surface area contributed by atoms with Gasteiger partial charge >= 0.3 is 13.6 Å². The van der Waals surface area contributed by atoms with Crippen molar-refractivity contribution in [2.45, 2.75) is 18.7 Å². The van der Waals surface area contributed by atoms with Crippen molar-refractivity contribution >= 4 is 24.3 Å². The second kappa shape index (κ2) is 7.04. The largest absolute Gasteiger partial charge is 0.479 e. The third-order valence-corrected chi connectivity index (χ3v) is 5.67. The Bertz CT molecular complexity index is 986. The molecule has 0 spiro atoms. The number of benzene rings is 3. The zero-order chi connectivity index (χ0) is 18.8. The fourth-order valence-electron chi connectivity index (χ4n) is 2.83. The Morgan fingerprint density at radius 3 is 2.27 bits per heavy atom. The highest BCUT2D eigenvalue weighted by Crippen LogP contribution is 2.52. The van der Waals surface area contributed by atoms with E-state index in [1.807, 2.05) is 24.3 Å². The highest BCUT2D eigenvalue weighted by atomic mass is 31.2. The van der Waals surface area contributed by atoms with Gasteiger partial charge in [-0.15, -0.1) is 0 Å². The number of carbonyl (C=O) groups is 1. The minimum atomic E-state index is -4.20. The van der Waals surface area contributed by atoms with E-state index in [-0.39, 0.29) is 6.16 Å². The van der Waals surface area contributed by atoms with Crippen LogP contribution in [-0.2, 0) is 25.6 Å². The third-order valence-electron chi connectivity index (χ3n) is 4.26. The maximum atomic E-state index is 12.6. The van der Waals surface area contributed by atoms with E-state index in [9.17, 15) is 19.4 Å². The number of fused-ring (bicyclic) bond motifs is 1. The highest BCUT2D eigenvalue weighted by Gasteiger charge is 2.43. The van der Waals surface area contributed by atoms with Gasteiger partial charge in [-0.1, -0.05) is 66.7 Å². The van der Waals surface area contributed by atoms with Crippen LogP contribution in [0.25, 0.3) is 10.8 Å². The summed E-state index contributed by atoms with van der Waals surface area (Å²) in [5, 5.41) is 11.5. The summed E-state index contributed by atoms with van der Waals surface area (Å²) in [6.45, 7) is 1.30. The van der Waals surface area contributed by atoms with Crippen LogP contribution in [0.2, 0.25) is 0 Å². The van der Waals surface area contributed by atoms with Crippen molar-refractivity contribution < 1.29 is 23.9 Å². The van der Waals surface area contributed by atoms with E-state index < -0.39 is 19.2 Å². The summed E-state index contributed by atoms with van der Waals surface area (Å²) in [6, 6.07) is 21.2. The molecule has 134 valence electrons. The Balaban J connectivity index is 1.96. The summed E-state index contributed by atoms with van der Waals surface area (Å²) in [4.78, 5) is 22.2. The summed E-state index contributed by atoms with van der Waals surface area (Å²) in [6.07, 6.45) is -0.260. The molecule has 0 aliphatic rings. The summed E-state index contributed by atoms with van der Waals surface area (Å²) >= 11 is 0. The maximum Gasteiger partial charge on any atom is 0.340 e. The second-order valence-corrected chi connectivity index (χ2v) is 8.05. The van der Waals surface area contributed by atoms with Crippen molar-refractivity contribution in [3.8, 4) is 0 Å². The Hall–Kier alpha value is -2.46. The quantitative estimate of drug-likeness (QED) is 0.622. The average molecular weight is 370 g/mol. The Labute approximate surface area is 151 Å². The molecule has 2 N–H and O–H groups in total. The van der Waals surface area contributed by atoms with Gasteiger partial charge in [0.15, 0.2) is 5.60 Å². The lowest BCUT2D eigenvalue weighted by Crippen LogP contribution is -2.34. The first-order valence-electron chi connectivity index (χ1n) is 8.09. The molecule has 2 unspecified atom stereocenters. The second-order valence-electron chi connectivity index (χ2n) is 6.27. The molecule has 0 aliphatic heterocycles. The Morgan fingerprint density at radius 2 is 1.62 bits per heavy atom. The van der Waals surface area contributed by atoms with Crippen LogP contribution in [0, 0.1) is 0 Å². The molecule has 0 saturated carbocycles. The predicted octanol–water partition coefficient (Wildman–Crippen LogP) is 4.54. The van der Waals surface area contributed by atoms with Crippen LogP contribution in [0.15, 0.2) is 72.8 Å². The van der Waals surface area contributed by atoms with E-state index in [1.165, 1.54) is 6.92 Å². The Kier molecular flexibility index (Phi) is 4.97. The first kappa shape index (κ1) is 18.3. The van der Waals surface area contributed by atoms with E-state index >= 15 is 0 Å². The number of hydrogen-bond donors (Lipinski definition) is 2. The van der Waals surface area contributed by atoms with Crippen molar-refractivity contribution in [3.63, 3.8) is 0 Å². The first-order valence-corrected chi connectivity index (χ1v) is 9.86. The fraction of sp³-hybridized carbons (Fsp3) is 0.150. The highest BCUT2D eigenvalue weighted by molar-refractivity contribution is 7.52. The molecule has 26 heavy (non-hydrogen) atoms. The van der Waals surface area contributed by atoms with E-state index in [2.05, 4.69) is 0 Å². The smallest absolute Gasteiger partial charge is 0.340 e. The molecule has 0 radical (unpaired) electrons. The van der Waals surface area contributed by atoms with Gasteiger partial charge in [-0.3, -0.25) is 9.09 Å². The Morgan fingerprint density at radius 1 is 1.00 bits per heavy atom. The standard InChI is InChI=1S/C20H19O5P/c1-20(19(21)22,18-12-11-16-9-5-6-10-17(16)13-18)25-26(23,24)14-15-7-3-2-4-8-15/h2-13H,14H2,1H3,(H,21,22)(H,23,24). The average Bonchev–Trinajstić information content (AvgIpc) is 2.61. The monoisotopic (exact) mass is 370 g/mol. The van der Waals surface area contributed by atoms with Crippen molar-refractivity contribution in [2.75, 3.05) is 0 Å². The van der Waals surface area contributed by atoms with Gasteiger partial charge in [0, 0.05) is 0 Å². The summed E-state index contributed by atoms with van der Waals surface area (Å²) < 4.78 is 17.9. The first-order chi connectivity index (χ1) is 12.3. The molecule has 2 atom stereocenters. The molecule has 0 aliphatic carbocycles. The lowest BCUT2D eigenvalue weighted by atomic mass is 9.94. The van der Waals surface area contributed by atoms with Crippen LogP contribution < -0.4 is 0 Å². The minimum absolute atomic E-state index is 0.260. The normalized spacial score (nSPS) is 15.9. The van der Waals surface area contributed by atoms with Crippen molar-refractivity contribution in [1.29, 1.82) is 0 Å². The van der Waals surface area contributed by atoms with Gasteiger partial charge in [-0.05, 0) is 34.9 Å². The van der Waals surface area contributed by atoms with Crippen LogP contribution >= 0.6 is 7.60 Å². The summed E-state index contributed by atoms with van der Waals surface area (Å²) in [5.74, 6) is -1.32. The molecule has 5 nitrogen and oxygen atoms in total.